The Morgan fingerprint density at radius 1 is 0.857 bits per heavy atom. The van der Waals surface area contributed by atoms with E-state index in [1.807, 2.05) is 107 Å². The number of ether oxygens (including phenoxy) is 1. The van der Waals surface area contributed by atoms with E-state index < -0.39 is 6.04 Å². The van der Waals surface area contributed by atoms with Crippen LogP contribution in [0.2, 0.25) is 0 Å². The summed E-state index contributed by atoms with van der Waals surface area (Å²) in [5.74, 6) is 0.280. The number of nitrogens with one attached hydrogen (secondary N) is 1. The fourth-order valence-electron chi connectivity index (χ4n) is 3.91. The third kappa shape index (κ3) is 7.71. The van der Waals surface area contributed by atoms with Crippen LogP contribution < -0.4 is 10.1 Å². The van der Waals surface area contributed by atoms with Crippen molar-refractivity contribution >= 4 is 11.8 Å². The lowest BCUT2D eigenvalue weighted by molar-refractivity contribution is -0.143. The third-order valence-electron chi connectivity index (χ3n) is 5.87. The number of hydrogen-bond acceptors (Lipinski definition) is 3. The molecule has 0 spiro atoms. The fraction of sp³-hybridized carbons (Fsp3) is 0.333. The van der Waals surface area contributed by atoms with Crippen molar-refractivity contribution in [3.8, 4) is 5.75 Å². The minimum atomic E-state index is -0.671. The van der Waals surface area contributed by atoms with E-state index >= 15 is 0 Å². The maximum atomic E-state index is 13.6. The SMILES string of the molecule is Cc1ccc(CN(C(=O)COc2cc(C)ccc2C)[C@H](Cc2ccccc2)C(=O)NC(C)C)cc1. The third-order valence-corrected chi connectivity index (χ3v) is 5.87. The van der Waals surface area contributed by atoms with Crippen LogP contribution in [0, 0.1) is 20.8 Å². The number of benzene rings is 3. The van der Waals surface area contributed by atoms with Crippen molar-refractivity contribution < 1.29 is 14.3 Å². The molecule has 0 saturated heterocycles. The molecule has 0 fully saturated rings. The van der Waals surface area contributed by atoms with E-state index in [2.05, 4.69) is 5.32 Å². The number of hydrogen-bond donors (Lipinski definition) is 1. The summed E-state index contributed by atoms with van der Waals surface area (Å²) in [5.41, 5.74) is 5.13. The van der Waals surface area contributed by atoms with Gasteiger partial charge in [-0.25, -0.2) is 0 Å². The highest BCUT2D eigenvalue weighted by Crippen LogP contribution is 2.20. The van der Waals surface area contributed by atoms with E-state index in [-0.39, 0.29) is 24.5 Å². The van der Waals surface area contributed by atoms with Crippen LogP contribution in [0.4, 0.5) is 0 Å². The average Bonchev–Trinajstić information content (AvgIpc) is 2.83. The smallest absolute Gasteiger partial charge is 0.261 e. The predicted molar refractivity (Wildman–Crippen MR) is 140 cm³/mol. The van der Waals surface area contributed by atoms with Crippen molar-refractivity contribution in [3.63, 3.8) is 0 Å². The van der Waals surface area contributed by atoms with Gasteiger partial charge < -0.3 is 15.0 Å². The first-order valence-corrected chi connectivity index (χ1v) is 12.1. The highest BCUT2D eigenvalue weighted by atomic mass is 16.5. The number of aryl methyl sites for hydroxylation is 3. The molecule has 0 radical (unpaired) electrons. The first kappa shape index (κ1) is 26.0. The van der Waals surface area contributed by atoms with Crippen LogP contribution in [0.1, 0.15) is 41.7 Å². The van der Waals surface area contributed by atoms with Gasteiger partial charge in [-0.05, 0) is 62.9 Å². The molecule has 1 atom stereocenters. The zero-order valence-electron chi connectivity index (χ0n) is 21.4. The molecule has 5 nitrogen and oxygen atoms in total. The van der Waals surface area contributed by atoms with E-state index in [9.17, 15) is 9.59 Å². The molecule has 2 amide bonds. The van der Waals surface area contributed by atoms with Gasteiger partial charge in [0.2, 0.25) is 5.91 Å². The highest BCUT2D eigenvalue weighted by Gasteiger charge is 2.31. The maximum Gasteiger partial charge on any atom is 0.261 e. The number of nitrogens with zero attached hydrogens (tertiary/aromatic N) is 1. The Hall–Kier alpha value is -3.60. The first-order valence-electron chi connectivity index (χ1n) is 12.1. The maximum absolute atomic E-state index is 13.6. The van der Waals surface area contributed by atoms with Crippen molar-refractivity contribution in [2.45, 2.75) is 59.7 Å². The quantitative estimate of drug-likeness (QED) is 0.444. The van der Waals surface area contributed by atoms with Crippen molar-refractivity contribution in [2.75, 3.05) is 6.61 Å². The second kappa shape index (κ2) is 12.2. The molecule has 3 aromatic carbocycles. The summed E-state index contributed by atoms with van der Waals surface area (Å²) in [6.45, 7) is 10.00. The van der Waals surface area contributed by atoms with Gasteiger partial charge in [0.05, 0.1) is 0 Å². The molecule has 5 heteroatoms. The average molecular weight is 473 g/mol. The first-order chi connectivity index (χ1) is 16.7. The molecule has 0 aliphatic heterocycles. The summed E-state index contributed by atoms with van der Waals surface area (Å²) in [6, 6.07) is 23.1. The largest absolute Gasteiger partial charge is 0.483 e. The Morgan fingerprint density at radius 3 is 2.17 bits per heavy atom. The van der Waals surface area contributed by atoms with E-state index in [4.69, 9.17) is 4.74 Å². The van der Waals surface area contributed by atoms with Gasteiger partial charge >= 0.3 is 0 Å². The molecule has 0 saturated carbocycles. The number of carbonyl (C=O) groups excluding carboxylic acids is 2. The molecule has 3 rings (SSSR count). The van der Waals surface area contributed by atoms with Crippen LogP contribution in [-0.4, -0.2) is 35.4 Å². The molecule has 1 N–H and O–H groups in total. The van der Waals surface area contributed by atoms with E-state index in [0.717, 1.165) is 27.8 Å². The molecule has 0 unspecified atom stereocenters. The Kier molecular flexibility index (Phi) is 9.07. The zero-order valence-corrected chi connectivity index (χ0v) is 21.4. The van der Waals surface area contributed by atoms with Gasteiger partial charge in [-0.3, -0.25) is 9.59 Å². The van der Waals surface area contributed by atoms with Gasteiger partial charge in [-0.2, -0.15) is 0 Å². The molecule has 0 bridgehead atoms. The van der Waals surface area contributed by atoms with Crippen LogP contribution in [0.3, 0.4) is 0 Å². The summed E-state index contributed by atoms with van der Waals surface area (Å²) < 4.78 is 5.96. The van der Waals surface area contributed by atoms with Gasteiger partial charge in [-0.15, -0.1) is 0 Å². The number of amides is 2. The summed E-state index contributed by atoms with van der Waals surface area (Å²) >= 11 is 0. The second-order valence-electron chi connectivity index (χ2n) is 9.43. The molecule has 35 heavy (non-hydrogen) atoms. The van der Waals surface area contributed by atoms with Gasteiger partial charge in [-0.1, -0.05) is 72.3 Å². The number of rotatable bonds is 10. The van der Waals surface area contributed by atoms with Crippen molar-refractivity contribution in [1.29, 1.82) is 0 Å². The Balaban J connectivity index is 1.91. The van der Waals surface area contributed by atoms with E-state index in [1.54, 1.807) is 4.90 Å². The van der Waals surface area contributed by atoms with Gasteiger partial charge in [0.25, 0.3) is 5.91 Å². The molecule has 0 aliphatic rings. The second-order valence-corrected chi connectivity index (χ2v) is 9.43. The Morgan fingerprint density at radius 2 is 1.51 bits per heavy atom. The lowest BCUT2D eigenvalue weighted by atomic mass is 10.0. The zero-order chi connectivity index (χ0) is 25.4. The standard InChI is InChI=1S/C30H36N2O3/c1-21(2)31-30(34)27(18-25-9-7-6-8-10-25)32(19-26-15-12-22(3)13-16-26)29(33)20-35-28-17-23(4)11-14-24(28)5/h6-17,21,27H,18-20H2,1-5H3,(H,31,34)/t27-/m1/s1. The summed E-state index contributed by atoms with van der Waals surface area (Å²) in [6.07, 6.45) is 0.417. The summed E-state index contributed by atoms with van der Waals surface area (Å²) in [4.78, 5) is 28.7. The van der Waals surface area contributed by atoms with Gasteiger partial charge in [0.15, 0.2) is 6.61 Å². The Labute approximate surface area is 209 Å². The van der Waals surface area contributed by atoms with Crippen molar-refractivity contribution in [2.24, 2.45) is 0 Å². The summed E-state index contributed by atoms with van der Waals surface area (Å²) in [7, 11) is 0. The number of carbonyl (C=O) groups is 2. The van der Waals surface area contributed by atoms with Crippen molar-refractivity contribution in [1.82, 2.24) is 10.2 Å². The lowest BCUT2D eigenvalue weighted by Crippen LogP contribution is -2.52. The van der Waals surface area contributed by atoms with Crippen LogP contribution in [-0.2, 0) is 22.6 Å². The minimum Gasteiger partial charge on any atom is -0.483 e. The van der Waals surface area contributed by atoms with Crippen LogP contribution in [0.5, 0.6) is 5.75 Å². The normalized spacial score (nSPS) is 11.7. The van der Waals surface area contributed by atoms with E-state index in [0.29, 0.717) is 18.7 Å². The molecule has 0 heterocycles. The topological polar surface area (TPSA) is 58.6 Å². The molecule has 3 aromatic rings. The molecule has 184 valence electrons. The highest BCUT2D eigenvalue weighted by molar-refractivity contribution is 5.88. The van der Waals surface area contributed by atoms with Crippen LogP contribution >= 0.6 is 0 Å². The van der Waals surface area contributed by atoms with Gasteiger partial charge in [0.1, 0.15) is 11.8 Å². The lowest BCUT2D eigenvalue weighted by Gasteiger charge is -2.32. The molecular formula is C30H36N2O3. The Bertz CT molecular complexity index is 1120. The summed E-state index contributed by atoms with van der Waals surface area (Å²) in [5, 5.41) is 3.01. The predicted octanol–water partition coefficient (Wildman–Crippen LogP) is 5.16. The van der Waals surface area contributed by atoms with E-state index in [1.165, 1.54) is 0 Å². The van der Waals surface area contributed by atoms with Gasteiger partial charge in [0, 0.05) is 19.0 Å². The van der Waals surface area contributed by atoms with Crippen LogP contribution in [0.25, 0.3) is 0 Å². The van der Waals surface area contributed by atoms with Crippen LogP contribution in [0.15, 0.2) is 72.8 Å². The monoisotopic (exact) mass is 472 g/mol. The molecule has 0 aromatic heterocycles. The minimum absolute atomic E-state index is 0.0386. The van der Waals surface area contributed by atoms with Crippen molar-refractivity contribution in [3.05, 3.63) is 101 Å². The molecular weight excluding hydrogens is 436 g/mol. The molecule has 0 aliphatic carbocycles. The fourth-order valence-corrected chi connectivity index (χ4v) is 3.91.